The van der Waals surface area contributed by atoms with E-state index >= 15 is 0 Å². The van der Waals surface area contributed by atoms with Gasteiger partial charge in [-0.15, -0.1) is 0 Å². The van der Waals surface area contributed by atoms with Crippen molar-refractivity contribution in [3.63, 3.8) is 0 Å². The number of hydrazine groups is 1. The normalized spacial score (nSPS) is 11.5. The third-order valence-corrected chi connectivity index (χ3v) is 2.27. The van der Waals surface area contributed by atoms with E-state index in [2.05, 4.69) is 41.8 Å². The molecule has 0 saturated carbocycles. The van der Waals surface area contributed by atoms with Crippen molar-refractivity contribution < 1.29 is 4.79 Å². The summed E-state index contributed by atoms with van der Waals surface area (Å²) >= 11 is 0. The number of amides is 1. The summed E-state index contributed by atoms with van der Waals surface area (Å²) in [5.74, 6) is 6.38. The molecule has 0 heterocycles. The van der Waals surface area contributed by atoms with Crippen LogP contribution < -0.4 is 21.9 Å². The molecule has 5 N–H and O–H groups in total. The summed E-state index contributed by atoms with van der Waals surface area (Å²) in [6.45, 7) is 8.22. The second-order valence-electron chi connectivity index (χ2n) is 4.60. The van der Waals surface area contributed by atoms with Gasteiger partial charge in [0, 0.05) is 26.1 Å². The molecule has 0 aromatic carbocycles. The fraction of sp³-hybridized carbons (Fsp3) is 0.833. The lowest BCUT2D eigenvalue weighted by Crippen LogP contribution is -2.43. The van der Waals surface area contributed by atoms with E-state index in [9.17, 15) is 4.79 Å². The fourth-order valence-electron chi connectivity index (χ4n) is 1.20. The van der Waals surface area contributed by atoms with Crippen molar-refractivity contribution in [2.24, 2.45) is 16.8 Å². The lowest BCUT2D eigenvalue weighted by molar-refractivity contribution is -0.121. The zero-order chi connectivity index (χ0) is 13.8. The highest BCUT2D eigenvalue weighted by Crippen LogP contribution is 1.88. The van der Waals surface area contributed by atoms with Gasteiger partial charge in [-0.05, 0) is 12.3 Å². The number of carbonyl (C=O) groups is 1. The predicted octanol–water partition coefficient (Wildman–Crippen LogP) is 0.358. The van der Waals surface area contributed by atoms with Gasteiger partial charge in [-0.25, -0.2) is 5.84 Å². The van der Waals surface area contributed by atoms with E-state index < -0.39 is 0 Å². The maximum Gasteiger partial charge on any atom is 0.221 e. The third-order valence-electron chi connectivity index (χ3n) is 2.27. The van der Waals surface area contributed by atoms with Crippen molar-refractivity contribution in [2.45, 2.75) is 40.0 Å². The lowest BCUT2D eigenvalue weighted by atomic mass is 10.2. The van der Waals surface area contributed by atoms with Crippen LogP contribution in [0.15, 0.2) is 4.99 Å². The number of hydrogen-bond donors (Lipinski definition) is 4. The molecule has 6 nitrogen and oxygen atoms in total. The van der Waals surface area contributed by atoms with Gasteiger partial charge >= 0.3 is 0 Å². The highest BCUT2D eigenvalue weighted by atomic mass is 16.1. The Labute approximate surface area is 110 Å². The SMILES string of the molecule is CCCCN=C(NN)NCCC(=O)NCC(C)C. The highest BCUT2D eigenvalue weighted by Gasteiger charge is 2.02. The maximum atomic E-state index is 11.4. The largest absolute Gasteiger partial charge is 0.356 e. The maximum absolute atomic E-state index is 11.4. The Bertz CT molecular complexity index is 253. The summed E-state index contributed by atoms with van der Waals surface area (Å²) in [7, 11) is 0. The number of nitrogens with zero attached hydrogens (tertiary/aromatic N) is 1. The van der Waals surface area contributed by atoms with Gasteiger partial charge in [0.15, 0.2) is 0 Å². The molecule has 0 unspecified atom stereocenters. The van der Waals surface area contributed by atoms with Gasteiger partial charge in [-0.3, -0.25) is 15.2 Å². The van der Waals surface area contributed by atoms with Crippen molar-refractivity contribution in [1.29, 1.82) is 0 Å². The van der Waals surface area contributed by atoms with Crippen LogP contribution in [0.25, 0.3) is 0 Å². The number of guanidine groups is 1. The standard InChI is InChI=1S/C12H27N5O/c1-4-5-7-14-12(17-13)15-8-6-11(18)16-9-10(2)3/h10H,4-9,13H2,1-3H3,(H,16,18)(H2,14,15,17). The van der Waals surface area contributed by atoms with Crippen LogP contribution in [0.3, 0.4) is 0 Å². The smallest absolute Gasteiger partial charge is 0.221 e. The summed E-state index contributed by atoms with van der Waals surface area (Å²) in [6.07, 6.45) is 2.54. The Hall–Kier alpha value is -1.30. The van der Waals surface area contributed by atoms with Gasteiger partial charge in [0.1, 0.15) is 0 Å². The van der Waals surface area contributed by atoms with Crippen LogP contribution in [0, 0.1) is 5.92 Å². The molecule has 6 heteroatoms. The van der Waals surface area contributed by atoms with E-state index in [0.717, 1.165) is 19.4 Å². The van der Waals surface area contributed by atoms with Crippen molar-refractivity contribution in [1.82, 2.24) is 16.1 Å². The van der Waals surface area contributed by atoms with Crippen LogP contribution >= 0.6 is 0 Å². The molecule has 0 aromatic heterocycles. The Morgan fingerprint density at radius 3 is 2.61 bits per heavy atom. The summed E-state index contributed by atoms with van der Waals surface area (Å²) < 4.78 is 0. The average Bonchev–Trinajstić information content (AvgIpc) is 2.34. The first kappa shape index (κ1) is 16.7. The number of carbonyl (C=O) groups excluding carboxylic acids is 1. The minimum Gasteiger partial charge on any atom is -0.356 e. The molecular weight excluding hydrogens is 230 g/mol. The highest BCUT2D eigenvalue weighted by molar-refractivity contribution is 5.80. The molecule has 106 valence electrons. The molecule has 0 atom stereocenters. The van der Waals surface area contributed by atoms with E-state index in [-0.39, 0.29) is 5.91 Å². The molecule has 0 aliphatic rings. The van der Waals surface area contributed by atoms with Crippen LogP contribution in [0.2, 0.25) is 0 Å². The quantitative estimate of drug-likeness (QED) is 0.166. The molecule has 0 aliphatic carbocycles. The molecule has 1 amide bonds. The van der Waals surface area contributed by atoms with E-state index in [0.29, 0.717) is 31.4 Å². The molecule has 0 fully saturated rings. The zero-order valence-corrected chi connectivity index (χ0v) is 11.8. The van der Waals surface area contributed by atoms with Crippen molar-refractivity contribution >= 4 is 11.9 Å². The second-order valence-corrected chi connectivity index (χ2v) is 4.60. The number of aliphatic imine (C=N–C) groups is 1. The van der Waals surface area contributed by atoms with Gasteiger partial charge in [0.2, 0.25) is 11.9 Å². The molecule has 18 heavy (non-hydrogen) atoms. The topological polar surface area (TPSA) is 91.5 Å². The first-order chi connectivity index (χ1) is 8.60. The van der Waals surface area contributed by atoms with Crippen LogP contribution in [0.4, 0.5) is 0 Å². The van der Waals surface area contributed by atoms with E-state index in [1.54, 1.807) is 0 Å². The van der Waals surface area contributed by atoms with Crippen LogP contribution in [-0.4, -0.2) is 31.5 Å². The number of hydrogen-bond acceptors (Lipinski definition) is 3. The first-order valence-corrected chi connectivity index (χ1v) is 6.61. The summed E-state index contributed by atoms with van der Waals surface area (Å²) in [5, 5.41) is 5.86. The van der Waals surface area contributed by atoms with E-state index in [1.807, 2.05) is 0 Å². The monoisotopic (exact) mass is 257 g/mol. The molecule has 0 saturated heterocycles. The number of nitrogens with two attached hydrogens (primary N) is 1. The van der Waals surface area contributed by atoms with Gasteiger partial charge < -0.3 is 10.6 Å². The predicted molar refractivity (Wildman–Crippen MR) is 75.0 cm³/mol. The van der Waals surface area contributed by atoms with Gasteiger partial charge in [0.05, 0.1) is 0 Å². The number of nitrogens with one attached hydrogen (secondary N) is 3. The van der Waals surface area contributed by atoms with Crippen LogP contribution in [0.1, 0.15) is 40.0 Å². The molecular formula is C12H27N5O. The Morgan fingerprint density at radius 2 is 2.06 bits per heavy atom. The number of unbranched alkanes of at least 4 members (excludes halogenated alkanes) is 1. The minimum atomic E-state index is 0.0427. The average molecular weight is 257 g/mol. The van der Waals surface area contributed by atoms with Gasteiger partial charge in [-0.1, -0.05) is 27.2 Å². The van der Waals surface area contributed by atoms with Crippen molar-refractivity contribution in [3.8, 4) is 0 Å². The van der Waals surface area contributed by atoms with Gasteiger partial charge in [0.25, 0.3) is 0 Å². The Morgan fingerprint density at radius 1 is 1.33 bits per heavy atom. The summed E-state index contributed by atoms with van der Waals surface area (Å²) in [6, 6.07) is 0. The zero-order valence-electron chi connectivity index (χ0n) is 11.8. The van der Waals surface area contributed by atoms with Crippen molar-refractivity contribution in [3.05, 3.63) is 0 Å². The number of rotatable bonds is 8. The summed E-state index contributed by atoms with van der Waals surface area (Å²) in [5.41, 5.74) is 2.49. The third kappa shape index (κ3) is 9.89. The Kier molecular flexibility index (Phi) is 10.0. The fourth-order valence-corrected chi connectivity index (χ4v) is 1.20. The van der Waals surface area contributed by atoms with E-state index in [4.69, 9.17) is 5.84 Å². The second kappa shape index (κ2) is 10.8. The lowest BCUT2D eigenvalue weighted by Gasteiger charge is -2.10. The van der Waals surface area contributed by atoms with Gasteiger partial charge in [-0.2, -0.15) is 0 Å². The minimum absolute atomic E-state index is 0.0427. The van der Waals surface area contributed by atoms with E-state index in [1.165, 1.54) is 0 Å². The Balaban J connectivity index is 3.72. The summed E-state index contributed by atoms with van der Waals surface area (Å²) in [4.78, 5) is 15.7. The molecule has 0 radical (unpaired) electrons. The van der Waals surface area contributed by atoms with Crippen LogP contribution in [0.5, 0.6) is 0 Å². The molecule has 0 aliphatic heterocycles. The molecule has 0 aromatic rings. The van der Waals surface area contributed by atoms with Crippen LogP contribution in [-0.2, 0) is 4.79 Å². The first-order valence-electron chi connectivity index (χ1n) is 6.61. The molecule has 0 spiro atoms. The molecule has 0 rings (SSSR count). The van der Waals surface area contributed by atoms with Crippen molar-refractivity contribution in [2.75, 3.05) is 19.6 Å². The molecule has 0 bridgehead atoms.